The second-order valence-corrected chi connectivity index (χ2v) is 13.8. The molecule has 0 spiro atoms. The van der Waals surface area contributed by atoms with Crippen LogP contribution in [0.3, 0.4) is 0 Å². The minimum Gasteiger partial charge on any atom is -0.504 e. The summed E-state index contributed by atoms with van der Waals surface area (Å²) in [7, 11) is 0. The quantitative estimate of drug-likeness (QED) is 0.0811. The Morgan fingerprint density at radius 2 is 1.94 bits per heavy atom. The molecule has 3 saturated heterocycles. The van der Waals surface area contributed by atoms with E-state index in [1.54, 1.807) is 0 Å². The molecule has 0 aliphatic carbocycles. The molecule has 2 aromatic rings. The minimum absolute atomic E-state index is 0.0280. The lowest BCUT2D eigenvalue weighted by atomic mass is 9.90. The molecule has 3 aliphatic rings. The molecule has 4 amide bonds. The summed E-state index contributed by atoms with van der Waals surface area (Å²) in [5, 5.41) is 43.1. The monoisotopic (exact) mass is 729 g/mol. The van der Waals surface area contributed by atoms with Gasteiger partial charge in [-0.3, -0.25) is 24.7 Å². The van der Waals surface area contributed by atoms with Crippen molar-refractivity contribution in [1.29, 1.82) is 0 Å². The van der Waals surface area contributed by atoms with Gasteiger partial charge in [0.2, 0.25) is 16.4 Å². The van der Waals surface area contributed by atoms with Gasteiger partial charge in [0.1, 0.15) is 16.5 Å². The highest BCUT2D eigenvalue weighted by Crippen LogP contribution is 2.53. The number of fused-ring (bicyclic) bond motifs is 1. The number of halogens is 2. The van der Waals surface area contributed by atoms with Crippen LogP contribution in [0.15, 0.2) is 16.6 Å². The highest BCUT2D eigenvalue weighted by Gasteiger charge is 2.66. The molecule has 3 atom stereocenters. The number of amides is 4. The van der Waals surface area contributed by atoms with E-state index in [1.165, 1.54) is 24.1 Å². The van der Waals surface area contributed by atoms with Crippen LogP contribution in [0.5, 0.6) is 11.5 Å². The van der Waals surface area contributed by atoms with E-state index < -0.39 is 104 Å². The normalized spacial score (nSPS) is 22.4. The maximum absolute atomic E-state index is 14.4. The molecule has 0 radical (unpaired) electrons. The van der Waals surface area contributed by atoms with Gasteiger partial charge in [-0.15, -0.1) is 11.3 Å². The molecule has 4 heterocycles. The van der Waals surface area contributed by atoms with Crippen LogP contribution in [0.2, 0.25) is 5.02 Å². The van der Waals surface area contributed by atoms with Crippen LogP contribution in [0, 0.1) is 11.7 Å². The number of carboxylic acids is 2. The smallest absolute Gasteiger partial charge is 0.350 e. The van der Waals surface area contributed by atoms with Gasteiger partial charge in [-0.2, -0.15) is 0 Å². The van der Waals surface area contributed by atoms with Crippen LogP contribution in [0.1, 0.15) is 36.3 Å². The van der Waals surface area contributed by atoms with Crippen LogP contribution >= 0.6 is 34.7 Å². The predicted molar refractivity (Wildman–Crippen MR) is 163 cm³/mol. The molecule has 256 valence electrons. The van der Waals surface area contributed by atoms with Crippen molar-refractivity contribution in [3.05, 3.63) is 33.5 Å². The van der Waals surface area contributed by atoms with Crippen molar-refractivity contribution in [1.82, 2.24) is 25.2 Å². The largest absolute Gasteiger partial charge is 0.504 e. The Morgan fingerprint density at radius 1 is 1.25 bits per heavy atom. The molecule has 7 N–H and O–H groups in total. The summed E-state index contributed by atoms with van der Waals surface area (Å²) in [5.74, 6) is -9.80. The standard InChI is InChI=1S/C26H25ClFN7O11S2/c1-25(2,21(41)42)46-32-16(11-7-47-23(29)30-11)12(36)5-9-19(40)33-8-26(22(43)44,48-20(9)33)34-3-4-35(24(34)45)31-18(39)14-10(28)6-13(37)17(38)15(14)27/h6-7,9,20,37-38H,3-5,8H2,1-2H3,(H2,29,30)(H,31,39)(H,41,42)(H,43,44)/b32-16-/t9?,20-,26-/m1/s1. The van der Waals surface area contributed by atoms with Crippen molar-refractivity contribution in [2.75, 3.05) is 25.4 Å². The van der Waals surface area contributed by atoms with Crippen LogP contribution in [0.25, 0.3) is 0 Å². The zero-order valence-corrected chi connectivity index (χ0v) is 27.1. The Balaban J connectivity index is 1.32. The molecule has 1 aromatic carbocycles. The molecule has 48 heavy (non-hydrogen) atoms. The number of thioether (sulfide) groups is 1. The van der Waals surface area contributed by atoms with Gasteiger partial charge in [-0.25, -0.2) is 28.8 Å². The number of aromatic nitrogens is 1. The van der Waals surface area contributed by atoms with Crippen molar-refractivity contribution in [2.24, 2.45) is 11.1 Å². The van der Waals surface area contributed by atoms with Gasteiger partial charge in [-0.1, -0.05) is 28.5 Å². The van der Waals surface area contributed by atoms with Gasteiger partial charge in [-0.05, 0) is 13.8 Å². The number of hydrogen-bond acceptors (Lipinski definition) is 14. The van der Waals surface area contributed by atoms with Crippen molar-refractivity contribution in [2.45, 2.75) is 36.1 Å². The summed E-state index contributed by atoms with van der Waals surface area (Å²) in [6, 6.07) is -0.579. The van der Waals surface area contributed by atoms with Gasteiger partial charge in [0.05, 0.1) is 29.9 Å². The lowest BCUT2D eigenvalue weighted by Crippen LogP contribution is -2.60. The number of oxime groups is 1. The molecule has 1 unspecified atom stereocenters. The van der Waals surface area contributed by atoms with Crippen LogP contribution < -0.4 is 11.2 Å². The Labute approximate surface area is 281 Å². The molecule has 18 nitrogen and oxygen atoms in total. The van der Waals surface area contributed by atoms with E-state index in [0.29, 0.717) is 11.1 Å². The number of urea groups is 1. The molecule has 0 saturated carbocycles. The number of rotatable bonds is 11. The zero-order valence-electron chi connectivity index (χ0n) is 24.7. The molecule has 1 aromatic heterocycles. The van der Waals surface area contributed by atoms with E-state index in [-0.39, 0.29) is 23.9 Å². The molecule has 3 fully saturated rings. The van der Waals surface area contributed by atoms with E-state index in [1.807, 2.05) is 0 Å². The first-order valence-corrected chi connectivity index (χ1v) is 15.8. The number of β-lactam (4-membered cyclic amide) rings is 1. The number of nitrogens with zero attached hydrogens (tertiary/aromatic N) is 5. The third-order valence-electron chi connectivity index (χ3n) is 7.68. The lowest BCUT2D eigenvalue weighted by Gasteiger charge is -2.40. The first-order chi connectivity index (χ1) is 22.4. The fraction of sp³-hybridized carbons (Fsp3) is 0.385. The molecular weight excluding hydrogens is 705 g/mol. The number of aromatic hydroxyl groups is 2. The number of hydrazine groups is 1. The lowest BCUT2D eigenvalue weighted by molar-refractivity contribution is -0.161. The van der Waals surface area contributed by atoms with E-state index in [9.17, 15) is 53.6 Å². The zero-order chi connectivity index (χ0) is 35.5. The average molecular weight is 730 g/mol. The number of anilines is 1. The number of hydrogen-bond donors (Lipinski definition) is 6. The summed E-state index contributed by atoms with van der Waals surface area (Å²) in [6.07, 6.45) is -0.502. The summed E-state index contributed by atoms with van der Waals surface area (Å²) in [6.45, 7) is 1.39. The third kappa shape index (κ3) is 5.76. The number of phenols is 2. The summed E-state index contributed by atoms with van der Waals surface area (Å²) < 4.78 is 14.4. The molecule has 22 heteroatoms. The average Bonchev–Trinajstić information content (AvgIpc) is 3.71. The SMILES string of the molecule is CC(C)(O/N=C(\C(=O)CC1C(=O)N2C[C@@](C(=O)O)(N3CCN(NC(=O)c4c(F)cc(O)c(O)c4Cl)C3=O)S[C@H]12)c1csc(N)n1)C(=O)O. The number of Topliss-reactive ketones (excluding diaryl/α,β-unsaturated/α-hetero) is 1. The minimum atomic E-state index is -2.05. The van der Waals surface area contributed by atoms with E-state index in [0.717, 1.165) is 28.0 Å². The number of ketones is 1. The maximum Gasteiger partial charge on any atom is 0.350 e. The molecular formula is C26H25ClFN7O11S2. The van der Waals surface area contributed by atoms with Crippen LogP contribution in [-0.4, -0.2) is 117 Å². The van der Waals surface area contributed by atoms with Crippen LogP contribution in [0.4, 0.5) is 14.3 Å². The number of nitrogens with one attached hydrogen (secondary N) is 1. The Kier molecular flexibility index (Phi) is 8.82. The highest BCUT2D eigenvalue weighted by molar-refractivity contribution is 8.02. The molecule has 5 rings (SSSR count). The highest BCUT2D eigenvalue weighted by atomic mass is 35.5. The third-order valence-corrected chi connectivity index (χ3v) is 10.5. The van der Waals surface area contributed by atoms with E-state index in [4.69, 9.17) is 22.2 Å². The number of nitrogen functional groups attached to an aromatic ring is 1. The number of thiazole rings is 1. The fourth-order valence-electron chi connectivity index (χ4n) is 5.04. The van der Waals surface area contributed by atoms with Gasteiger partial charge in [0.15, 0.2) is 28.1 Å². The number of carbonyl (C=O) groups excluding carboxylic acids is 4. The van der Waals surface area contributed by atoms with Gasteiger partial charge in [0, 0.05) is 24.4 Å². The number of nitrogens with two attached hydrogens (primary N) is 1. The summed E-state index contributed by atoms with van der Waals surface area (Å²) in [4.78, 5) is 86.1. The predicted octanol–water partition coefficient (Wildman–Crippen LogP) is 0.867. The number of phenolic OH excluding ortho intramolecular Hbond substituents is 2. The van der Waals surface area contributed by atoms with Crippen molar-refractivity contribution >= 4 is 81.1 Å². The molecule has 0 bridgehead atoms. The summed E-state index contributed by atoms with van der Waals surface area (Å²) in [5.41, 5.74) is 4.64. The topological polar surface area (TPSA) is 266 Å². The van der Waals surface area contributed by atoms with E-state index in [2.05, 4.69) is 15.6 Å². The van der Waals surface area contributed by atoms with Crippen molar-refractivity contribution < 1.29 is 58.4 Å². The first-order valence-electron chi connectivity index (χ1n) is 13.7. The maximum atomic E-state index is 14.4. The second kappa shape index (κ2) is 12.3. The van der Waals surface area contributed by atoms with Gasteiger partial charge >= 0.3 is 18.0 Å². The van der Waals surface area contributed by atoms with Crippen LogP contribution in [-0.2, 0) is 24.0 Å². The van der Waals surface area contributed by atoms with Gasteiger partial charge in [0.25, 0.3) is 5.91 Å². The number of carbonyl (C=O) groups is 6. The number of aliphatic carboxylic acids is 2. The van der Waals surface area contributed by atoms with E-state index >= 15 is 0 Å². The number of benzene rings is 1. The Morgan fingerprint density at radius 3 is 2.54 bits per heavy atom. The number of carboxylic acid groups (broad SMARTS) is 2. The Hall–Kier alpha value is -4.89. The summed E-state index contributed by atoms with van der Waals surface area (Å²) >= 11 is 7.50. The van der Waals surface area contributed by atoms with Gasteiger partial charge < -0.3 is 35.9 Å². The first kappa shape index (κ1) is 34.4. The fourth-order valence-corrected chi connectivity index (χ4v) is 7.55. The second-order valence-electron chi connectivity index (χ2n) is 11.2. The van der Waals surface area contributed by atoms with Crippen molar-refractivity contribution in [3.63, 3.8) is 0 Å². The Bertz CT molecular complexity index is 1810. The molecule has 3 aliphatic heterocycles. The van der Waals surface area contributed by atoms with Crippen molar-refractivity contribution in [3.8, 4) is 11.5 Å².